The zero-order valence-electron chi connectivity index (χ0n) is 18.3. The molecule has 4 N–H and O–H groups in total. The number of carbonyl (C=O) groups excluding carboxylic acids is 2. The maximum absolute atomic E-state index is 12.9. The van der Waals surface area contributed by atoms with Crippen molar-refractivity contribution in [2.45, 2.75) is 0 Å². The maximum atomic E-state index is 12.9. The smallest absolute Gasteiger partial charge is 0.285 e. The van der Waals surface area contributed by atoms with Crippen LogP contribution in [0.15, 0.2) is 87.9 Å². The van der Waals surface area contributed by atoms with Crippen molar-refractivity contribution in [3.8, 4) is 11.5 Å². The lowest BCUT2D eigenvalue weighted by Gasteiger charge is -2.17. The quantitative estimate of drug-likeness (QED) is 0.152. The van der Waals surface area contributed by atoms with Gasteiger partial charge in [-0.1, -0.05) is 42.2 Å². The molecule has 9 nitrogen and oxygen atoms in total. The van der Waals surface area contributed by atoms with Gasteiger partial charge >= 0.3 is 0 Å². The van der Waals surface area contributed by atoms with Crippen molar-refractivity contribution < 1.29 is 19.8 Å². The van der Waals surface area contributed by atoms with Crippen LogP contribution in [-0.2, 0) is 9.59 Å². The number of hydrazine groups is 1. The maximum Gasteiger partial charge on any atom is 0.285 e. The fourth-order valence-electron chi connectivity index (χ4n) is 2.92. The molecule has 3 aromatic carbocycles. The number of nitrogens with zero attached hydrogens (tertiary/aromatic N) is 3. The number of thiocarbonyl (C=S) groups is 2. The van der Waals surface area contributed by atoms with Gasteiger partial charge in [-0.15, -0.1) is 0 Å². The minimum atomic E-state index is -0.664. The van der Waals surface area contributed by atoms with E-state index < -0.39 is 11.8 Å². The second-order valence-electron chi connectivity index (χ2n) is 7.24. The molecule has 2 amide bonds. The molecule has 0 saturated carbocycles. The first-order valence-corrected chi connectivity index (χ1v) is 11.9. The Bertz CT molecular complexity index is 1410. The van der Waals surface area contributed by atoms with E-state index in [1.165, 1.54) is 36.4 Å². The predicted molar refractivity (Wildman–Crippen MR) is 146 cm³/mol. The fraction of sp³-hybridized carbons (Fsp3) is 0. The molecule has 0 unspecified atom stereocenters. The monoisotopic (exact) mass is 535 g/mol. The van der Waals surface area contributed by atoms with Crippen LogP contribution < -0.4 is 10.7 Å². The van der Waals surface area contributed by atoms with E-state index >= 15 is 0 Å². The molecule has 36 heavy (non-hydrogen) atoms. The van der Waals surface area contributed by atoms with Crippen molar-refractivity contribution in [3.63, 3.8) is 0 Å². The van der Waals surface area contributed by atoms with Crippen LogP contribution >= 0.6 is 36.2 Å². The second kappa shape index (κ2) is 11.1. The van der Waals surface area contributed by atoms with Crippen LogP contribution in [0.5, 0.6) is 11.5 Å². The molecular formula is C24H17N5O4S3. The number of carbonyl (C=O) groups is 2. The summed E-state index contributed by atoms with van der Waals surface area (Å²) in [6.07, 6.45) is 1.47. The van der Waals surface area contributed by atoms with Crippen LogP contribution in [0.2, 0.25) is 0 Å². The Balaban J connectivity index is 1.46. The Kier molecular flexibility index (Phi) is 7.68. The summed E-state index contributed by atoms with van der Waals surface area (Å²) in [6.45, 7) is 0. The Morgan fingerprint density at radius 1 is 0.972 bits per heavy atom. The second-order valence-corrected chi connectivity index (χ2v) is 9.32. The number of phenols is 2. The molecule has 0 spiro atoms. The van der Waals surface area contributed by atoms with E-state index in [1.807, 2.05) is 18.2 Å². The van der Waals surface area contributed by atoms with E-state index in [-0.39, 0.29) is 25.7 Å². The number of thioether (sulfide) groups is 1. The van der Waals surface area contributed by atoms with E-state index in [9.17, 15) is 19.8 Å². The largest absolute Gasteiger partial charge is 0.508 e. The molecule has 1 saturated heterocycles. The van der Waals surface area contributed by atoms with Gasteiger partial charge in [0.2, 0.25) is 0 Å². The molecule has 1 heterocycles. The van der Waals surface area contributed by atoms with E-state index in [0.717, 1.165) is 16.8 Å². The van der Waals surface area contributed by atoms with E-state index in [0.29, 0.717) is 22.6 Å². The summed E-state index contributed by atoms with van der Waals surface area (Å²) >= 11 is 11.3. The first-order chi connectivity index (χ1) is 17.3. The number of hydrogen-bond donors (Lipinski definition) is 4. The molecule has 0 aliphatic carbocycles. The highest BCUT2D eigenvalue weighted by Gasteiger charge is 2.34. The van der Waals surface area contributed by atoms with E-state index in [1.54, 1.807) is 24.3 Å². The SMILES string of the molecule is O=C(Nc1ccc(O)cc1)C(=S)NN1C(=O)/C(=C\c2cc(N=Nc3ccccc3)ccc2O)SC1=S. The summed E-state index contributed by atoms with van der Waals surface area (Å²) in [5.74, 6) is -1.21. The first-order valence-electron chi connectivity index (χ1n) is 10.3. The normalized spacial score (nSPS) is 14.4. The molecule has 3 aromatic rings. The Morgan fingerprint density at radius 3 is 2.39 bits per heavy atom. The lowest BCUT2D eigenvalue weighted by atomic mass is 10.1. The third kappa shape index (κ3) is 6.10. The minimum absolute atomic E-state index is 0.0499. The third-order valence-corrected chi connectivity index (χ3v) is 6.25. The van der Waals surface area contributed by atoms with Crippen LogP contribution in [0.25, 0.3) is 6.08 Å². The highest BCUT2D eigenvalue weighted by molar-refractivity contribution is 8.26. The average Bonchev–Trinajstić information content (AvgIpc) is 3.13. The van der Waals surface area contributed by atoms with Gasteiger partial charge in [0.25, 0.3) is 11.8 Å². The van der Waals surface area contributed by atoms with Gasteiger partial charge in [-0.05, 0) is 72.9 Å². The van der Waals surface area contributed by atoms with Gasteiger partial charge in [0.05, 0.1) is 16.3 Å². The molecule has 1 aliphatic heterocycles. The number of nitrogens with one attached hydrogen (secondary N) is 2. The average molecular weight is 536 g/mol. The van der Waals surface area contributed by atoms with Crippen molar-refractivity contribution >= 4 is 80.5 Å². The lowest BCUT2D eigenvalue weighted by molar-refractivity contribution is -0.123. The van der Waals surface area contributed by atoms with Crippen molar-refractivity contribution in [1.29, 1.82) is 0 Å². The molecule has 12 heteroatoms. The van der Waals surface area contributed by atoms with Crippen molar-refractivity contribution in [2.75, 3.05) is 5.32 Å². The number of hydrogen-bond acceptors (Lipinski definition) is 9. The van der Waals surface area contributed by atoms with Crippen LogP contribution in [-0.4, -0.2) is 36.3 Å². The fourth-order valence-corrected chi connectivity index (χ4v) is 4.23. The molecule has 1 fully saturated rings. The van der Waals surface area contributed by atoms with Gasteiger partial charge in [-0.3, -0.25) is 15.0 Å². The zero-order chi connectivity index (χ0) is 25.7. The summed E-state index contributed by atoms with van der Waals surface area (Å²) in [6, 6.07) is 19.6. The summed E-state index contributed by atoms with van der Waals surface area (Å²) in [5.41, 5.74) is 4.44. The number of amides is 2. The minimum Gasteiger partial charge on any atom is -0.508 e. The van der Waals surface area contributed by atoms with E-state index in [2.05, 4.69) is 21.0 Å². The summed E-state index contributed by atoms with van der Waals surface area (Å²) < 4.78 is 0.130. The van der Waals surface area contributed by atoms with Gasteiger partial charge in [0.15, 0.2) is 9.31 Å². The van der Waals surface area contributed by atoms with Crippen molar-refractivity contribution in [3.05, 3.63) is 83.3 Å². The zero-order valence-corrected chi connectivity index (χ0v) is 20.7. The molecular weight excluding hydrogens is 518 g/mol. The number of benzene rings is 3. The summed E-state index contributed by atoms with van der Waals surface area (Å²) in [5, 5.41) is 31.5. The van der Waals surface area contributed by atoms with Crippen LogP contribution in [0.3, 0.4) is 0 Å². The van der Waals surface area contributed by atoms with Crippen LogP contribution in [0.4, 0.5) is 17.1 Å². The summed E-state index contributed by atoms with van der Waals surface area (Å²) in [7, 11) is 0. The van der Waals surface area contributed by atoms with Gasteiger partial charge < -0.3 is 15.5 Å². The molecule has 0 atom stereocenters. The predicted octanol–water partition coefficient (Wildman–Crippen LogP) is 5.19. The van der Waals surface area contributed by atoms with Gasteiger partial charge in [-0.2, -0.15) is 15.2 Å². The van der Waals surface area contributed by atoms with Gasteiger partial charge in [0.1, 0.15) is 11.5 Å². The Labute approximate surface area is 220 Å². The Hall–Kier alpha value is -4.13. The molecule has 0 bridgehead atoms. The van der Waals surface area contributed by atoms with Crippen molar-refractivity contribution in [2.24, 2.45) is 10.2 Å². The highest BCUT2D eigenvalue weighted by Crippen LogP contribution is 2.34. The Morgan fingerprint density at radius 2 is 1.67 bits per heavy atom. The lowest BCUT2D eigenvalue weighted by Crippen LogP contribution is -2.48. The molecule has 1 aliphatic rings. The highest BCUT2D eigenvalue weighted by atomic mass is 32.2. The van der Waals surface area contributed by atoms with Crippen LogP contribution in [0.1, 0.15) is 5.56 Å². The number of anilines is 1. The molecule has 0 aromatic heterocycles. The summed E-state index contributed by atoms with van der Waals surface area (Å²) in [4.78, 5) is 25.2. The molecule has 0 radical (unpaired) electrons. The number of azo groups is 1. The van der Waals surface area contributed by atoms with E-state index in [4.69, 9.17) is 24.4 Å². The van der Waals surface area contributed by atoms with Crippen LogP contribution in [0, 0.1) is 0 Å². The topological polar surface area (TPSA) is 127 Å². The number of aromatic hydroxyl groups is 2. The molecule has 180 valence electrons. The van der Waals surface area contributed by atoms with Gasteiger partial charge in [-0.25, -0.2) is 0 Å². The number of phenolic OH excluding ortho intramolecular Hbond substituents is 2. The number of rotatable bonds is 5. The third-order valence-electron chi connectivity index (χ3n) is 4.67. The van der Waals surface area contributed by atoms with Gasteiger partial charge in [0, 0.05) is 11.3 Å². The first kappa shape index (κ1) is 25.0. The van der Waals surface area contributed by atoms with Crippen molar-refractivity contribution in [1.82, 2.24) is 10.4 Å². The standard InChI is InChI=1S/C24H17N5O4S3/c30-18-9-6-15(7-10-18)25-21(32)22(34)28-29-23(33)20(36-24(29)35)13-14-12-17(8-11-19(14)31)27-26-16-4-2-1-3-5-16/h1-13,30-31H,(H,25,32)(H,28,34)/b20-13+,27-26?. The molecule has 4 rings (SSSR count).